The van der Waals surface area contributed by atoms with Gasteiger partial charge in [0.1, 0.15) is 0 Å². The monoisotopic (exact) mass is 212 g/mol. The Morgan fingerprint density at radius 1 is 1.18 bits per heavy atom. The molecule has 11 heavy (non-hydrogen) atoms. The highest BCUT2D eigenvalue weighted by molar-refractivity contribution is 6.93. The Kier molecular flexibility index (Phi) is 6.20. The van der Waals surface area contributed by atoms with E-state index < -0.39 is 16.8 Å². The number of halogens is 5. The molecule has 0 aromatic rings. The third-order valence-corrected chi connectivity index (χ3v) is 0.243. The van der Waals surface area contributed by atoms with Crippen molar-refractivity contribution in [3.63, 3.8) is 0 Å². The Bertz CT molecular complexity index is 150. The molecule has 0 aromatic heterocycles. The van der Waals surface area contributed by atoms with E-state index in [1.54, 1.807) is 0 Å². The first kappa shape index (κ1) is 13.1. The van der Waals surface area contributed by atoms with Gasteiger partial charge in [-0.1, -0.05) is 0 Å². The molecule has 0 aliphatic rings. The molecule has 0 bridgehead atoms. The fourth-order valence-electron chi connectivity index (χ4n) is 0. The molecule has 0 saturated carbocycles. The highest BCUT2D eigenvalue weighted by Crippen LogP contribution is 2.13. The summed E-state index contributed by atoms with van der Waals surface area (Å²) in [4.78, 5) is 17.9. The van der Waals surface area contributed by atoms with E-state index in [0.29, 0.717) is 0 Å². The van der Waals surface area contributed by atoms with Crippen molar-refractivity contribution in [1.82, 2.24) is 0 Å². The van der Waals surface area contributed by atoms with Crippen molar-refractivity contribution in [2.45, 2.75) is 6.18 Å². The van der Waals surface area contributed by atoms with Crippen LogP contribution in [0.2, 0.25) is 0 Å². The first-order valence-corrected chi connectivity index (χ1v) is 2.58. The lowest BCUT2D eigenvalue weighted by molar-refractivity contribution is -0.192. The number of hydrogen-bond donors (Lipinski definition) is 1. The van der Waals surface area contributed by atoms with Crippen LogP contribution in [-0.2, 0) is 4.79 Å². The van der Waals surface area contributed by atoms with E-state index in [1.807, 2.05) is 0 Å². The molecular weight excluding hydrogens is 212 g/mol. The molecule has 8 heteroatoms. The van der Waals surface area contributed by atoms with Crippen LogP contribution in [0.3, 0.4) is 0 Å². The second-order valence-corrected chi connectivity index (χ2v) is 1.91. The third-order valence-electron chi connectivity index (χ3n) is 0.243. The topological polar surface area (TPSA) is 54.4 Å². The summed E-state index contributed by atoms with van der Waals surface area (Å²) < 4.78 is 30.8. The van der Waals surface area contributed by atoms with E-state index >= 15 is 0 Å². The summed E-state index contributed by atoms with van der Waals surface area (Å²) in [6, 6.07) is 0. The van der Waals surface area contributed by atoms with E-state index in [2.05, 4.69) is 23.2 Å². The largest absolute Gasteiger partial charge is 0.490 e. The summed E-state index contributed by atoms with van der Waals surface area (Å²) in [5.41, 5.74) is 0. The van der Waals surface area contributed by atoms with E-state index in [1.165, 1.54) is 0 Å². The molecule has 0 aliphatic heterocycles. The van der Waals surface area contributed by atoms with Gasteiger partial charge in [-0.3, -0.25) is 4.79 Å². The standard InChI is InChI=1S/C2HF3O2.CCl2O/c3-2(4,5)1(6)7;2-1(3)4/h(H,6,7);. The van der Waals surface area contributed by atoms with Gasteiger partial charge in [-0.25, -0.2) is 4.79 Å². The van der Waals surface area contributed by atoms with Gasteiger partial charge in [0.15, 0.2) is 0 Å². The minimum Gasteiger partial charge on any atom is -0.475 e. The maximum Gasteiger partial charge on any atom is 0.490 e. The molecule has 66 valence electrons. The summed E-state index contributed by atoms with van der Waals surface area (Å²) in [6.07, 6.45) is -5.08. The van der Waals surface area contributed by atoms with Gasteiger partial charge in [-0.2, -0.15) is 13.2 Å². The van der Waals surface area contributed by atoms with Gasteiger partial charge in [-0.05, 0) is 23.2 Å². The zero-order valence-corrected chi connectivity index (χ0v) is 6.17. The zero-order valence-electron chi connectivity index (χ0n) is 4.65. The van der Waals surface area contributed by atoms with Crippen LogP contribution in [-0.4, -0.2) is 22.0 Å². The van der Waals surface area contributed by atoms with Crippen LogP contribution in [0.1, 0.15) is 0 Å². The van der Waals surface area contributed by atoms with Gasteiger partial charge >= 0.3 is 16.8 Å². The van der Waals surface area contributed by atoms with Crippen LogP contribution in [0, 0.1) is 0 Å². The van der Waals surface area contributed by atoms with Crippen LogP contribution >= 0.6 is 23.2 Å². The normalized spacial score (nSPS) is 9.55. The highest BCUT2D eigenvalue weighted by atomic mass is 35.5. The summed E-state index contributed by atoms with van der Waals surface area (Å²) >= 11 is 8.80. The Hall–Kier alpha value is -0.490. The van der Waals surface area contributed by atoms with Crippen molar-refractivity contribution in [2.75, 3.05) is 0 Å². The number of hydrogen-bond acceptors (Lipinski definition) is 2. The Morgan fingerprint density at radius 2 is 1.27 bits per heavy atom. The van der Waals surface area contributed by atoms with Gasteiger partial charge in [0.2, 0.25) is 0 Å². The van der Waals surface area contributed by atoms with E-state index in [-0.39, 0.29) is 0 Å². The molecular formula is C3HCl2F3O3. The van der Waals surface area contributed by atoms with Gasteiger partial charge < -0.3 is 5.11 Å². The quantitative estimate of drug-likeness (QED) is 0.627. The van der Waals surface area contributed by atoms with Crippen molar-refractivity contribution in [1.29, 1.82) is 0 Å². The second-order valence-electron chi connectivity index (χ2n) is 1.03. The summed E-state index contributed by atoms with van der Waals surface area (Å²) in [7, 11) is 0. The molecule has 0 unspecified atom stereocenters. The third kappa shape index (κ3) is 17.7. The van der Waals surface area contributed by atoms with Gasteiger partial charge in [0.05, 0.1) is 0 Å². The summed E-state index contributed by atoms with van der Waals surface area (Å²) in [5, 5.41) is 7.12. The second kappa shape index (κ2) is 5.20. The number of carboxylic acids is 1. The molecule has 0 aromatic carbocycles. The number of carbonyl (C=O) groups excluding carboxylic acids is 1. The maximum atomic E-state index is 10.6. The van der Waals surface area contributed by atoms with Crippen molar-refractivity contribution in [2.24, 2.45) is 0 Å². The van der Waals surface area contributed by atoms with Gasteiger partial charge in [-0.15, -0.1) is 0 Å². The minimum atomic E-state index is -5.08. The fourth-order valence-corrected chi connectivity index (χ4v) is 0. The van der Waals surface area contributed by atoms with E-state index in [9.17, 15) is 13.2 Å². The van der Waals surface area contributed by atoms with Crippen LogP contribution in [0.15, 0.2) is 0 Å². The van der Waals surface area contributed by atoms with E-state index in [4.69, 9.17) is 14.7 Å². The predicted octanol–water partition coefficient (Wildman–Crippen LogP) is 2.22. The van der Waals surface area contributed by atoms with E-state index in [0.717, 1.165) is 0 Å². The Morgan fingerprint density at radius 3 is 1.27 bits per heavy atom. The van der Waals surface area contributed by atoms with Crippen molar-refractivity contribution in [3.05, 3.63) is 0 Å². The molecule has 0 spiro atoms. The smallest absolute Gasteiger partial charge is 0.475 e. The molecule has 1 N–H and O–H groups in total. The molecule has 0 heterocycles. The average Bonchev–Trinajstić information content (AvgIpc) is 1.59. The van der Waals surface area contributed by atoms with Crippen LogP contribution in [0.4, 0.5) is 18.0 Å². The zero-order chi connectivity index (χ0) is 9.65. The molecule has 0 rings (SSSR count). The number of carboxylic acid groups (broad SMARTS) is 1. The molecule has 0 amide bonds. The first-order chi connectivity index (χ1) is 4.68. The summed E-state index contributed by atoms with van der Waals surface area (Å²) in [6.45, 7) is 0. The van der Waals surface area contributed by atoms with Gasteiger partial charge in [0.25, 0.3) is 0 Å². The van der Waals surface area contributed by atoms with Crippen molar-refractivity contribution < 1.29 is 27.9 Å². The lowest BCUT2D eigenvalue weighted by atomic mass is 10.7. The van der Waals surface area contributed by atoms with Crippen molar-refractivity contribution in [3.8, 4) is 0 Å². The number of rotatable bonds is 0. The molecule has 0 fully saturated rings. The Balaban J connectivity index is 0. The van der Waals surface area contributed by atoms with Crippen molar-refractivity contribution >= 4 is 33.9 Å². The van der Waals surface area contributed by atoms with Crippen LogP contribution in [0.25, 0.3) is 0 Å². The first-order valence-electron chi connectivity index (χ1n) is 1.83. The number of aliphatic carboxylic acids is 1. The summed E-state index contributed by atoms with van der Waals surface area (Å²) in [5.74, 6) is -2.76. The molecule has 0 aliphatic carbocycles. The Labute approximate surface area is 68.7 Å². The van der Waals surface area contributed by atoms with Crippen LogP contribution < -0.4 is 0 Å². The predicted molar refractivity (Wildman–Crippen MR) is 30.8 cm³/mol. The number of carbonyl (C=O) groups is 2. The molecule has 0 saturated heterocycles. The SMILES string of the molecule is O=C(Cl)Cl.O=C(O)C(F)(F)F. The van der Waals surface area contributed by atoms with Crippen LogP contribution in [0.5, 0.6) is 0 Å². The lowest BCUT2D eigenvalue weighted by Gasteiger charge is -1.93. The maximum absolute atomic E-state index is 10.6. The molecule has 3 nitrogen and oxygen atoms in total. The highest BCUT2D eigenvalue weighted by Gasteiger charge is 2.38. The lowest BCUT2D eigenvalue weighted by Crippen LogP contribution is -2.21. The minimum absolute atomic E-state index is 0.889. The average molecular weight is 213 g/mol. The molecule has 0 radical (unpaired) electrons. The molecule has 0 atom stereocenters. The number of alkyl halides is 3. The van der Waals surface area contributed by atoms with Gasteiger partial charge in [0, 0.05) is 0 Å². The fraction of sp³-hybridized carbons (Fsp3) is 0.333.